The monoisotopic (exact) mass is 308 g/mol. The summed E-state index contributed by atoms with van der Waals surface area (Å²) in [6.07, 6.45) is -0.265. The van der Waals surface area contributed by atoms with Crippen molar-refractivity contribution in [1.82, 2.24) is 0 Å². The number of hydrogen-bond acceptors (Lipinski definition) is 3. The molecule has 18 heavy (non-hydrogen) atoms. The molecule has 1 aliphatic carbocycles. The lowest BCUT2D eigenvalue weighted by molar-refractivity contribution is 0.100. The molecule has 0 saturated heterocycles. The van der Waals surface area contributed by atoms with E-state index in [4.69, 9.17) is 10.5 Å². The van der Waals surface area contributed by atoms with E-state index in [0.29, 0.717) is 0 Å². The molecule has 0 spiro atoms. The van der Waals surface area contributed by atoms with Gasteiger partial charge in [0.25, 0.3) is 0 Å². The summed E-state index contributed by atoms with van der Waals surface area (Å²) in [5.74, 6) is -2.45. The maximum atomic E-state index is 13.8. The second-order valence-electron chi connectivity index (χ2n) is 3.59. The number of hydrogen-bond donors (Lipinski definition) is 0. The molecule has 0 heterocycles. The highest BCUT2D eigenvalue weighted by Crippen LogP contribution is 2.39. The second-order valence-corrected chi connectivity index (χ2v) is 4.38. The number of Topliss-reactive ketones (excluding diaryl/α,β-unsaturated/α-hetero) is 1. The minimum Gasteiger partial charge on any atom is -0.294 e. The standard InChI is InChI=1S/C12H3BrF2N2O/c13-11-8(14)1-7-6(5(3-16)4-17)2-9(18)10(7)12(11)15/h1H,2H2. The molecule has 0 amide bonds. The third-order valence-electron chi connectivity index (χ3n) is 2.63. The third kappa shape index (κ3) is 1.62. The molecule has 1 aliphatic rings. The van der Waals surface area contributed by atoms with Crippen molar-refractivity contribution in [1.29, 1.82) is 10.5 Å². The fourth-order valence-electron chi connectivity index (χ4n) is 1.83. The first-order chi connectivity index (χ1) is 8.51. The Bertz CT molecular complexity index is 679. The van der Waals surface area contributed by atoms with Crippen molar-refractivity contribution >= 4 is 27.3 Å². The number of rotatable bonds is 0. The summed E-state index contributed by atoms with van der Waals surface area (Å²) in [5.41, 5.74) is -0.522. The first-order valence-corrected chi connectivity index (χ1v) is 5.55. The number of fused-ring (bicyclic) bond motifs is 1. The van der Waals surface area contributed by atoms with Crippen LogP contribution in [0.25, 0.3) is 5.57 Å². The van der Waals surface area contributed by atoms with Crippen molar-refractivity contribution in [3.8, 4) is 12.1 Å². The summed E-state index contributed by atoms with van der Waals surface area (Å²) in [6.45, 7) is 0. The highest BCUT2D eigenvalue weighted by atomic mass is 79.9. The molecule has 0 unspecified atom stereocenters. The van der Waals surface area contributed by atoms with E-state index in [1.807, 2.05) is 0 Å². The highest BCUT2D eigenvalue weighted by molar-refractivity contribution is 9.10. The van der Waals surface area contributed by atoms with Crippen LogP contribution in [0.2, 0.25) is 0 Å². The number of halogens is 3. The normalized spacial score (nSPS) is 12.9. The van der Waals surface area contributed by atoms with E-state index >= 15 is 0 Å². The van der Waals surface area contributed by atoms with Crippen LogP contribution in [0.1, 0.15) is 22.3 Å². The number of nitriles is 2. The Morgan fingerprint density at radius 3 is 2.50 bits per heavy atom. The molecule has 0 saturated carbocycles. The Hall–Kier alpha value is -2.05. The quantitative estimate of drug-likeness (QED) is 0.546. The maximum Gasteiger partial charge on any atom is 0.170 e. The molecule has 1 aromatic carbocycles. The molecule has 0 atom stereocenters. The number of nitrogens with zero attached hydrogens (tertiary/aromatic N) is 2. The third-order valence-corrected chi connectivity index (χ3v) is 3.36. The zero-order valence-corrected chi connectivity index (χ0v) is 10.3. The van der Waals surface area contributed by atoms with Crippen LogP contribution in [0.5, 0.6) is 0 Å². The van der Waals surface area contributed by atoms with Crippen molar-refractivity contribution < 1.29 is 13.6 Å². The molecule has 0 N–H and O–H groups in total. The lowest BCUT2D eigenvalue weighted by atomic mass is 10.0. The number of carbonyl (C=O) groups excluding carboxylic acids is 1. The van der Waals surface area contributed by atoms with Gasteiger partial charge in [0, 0.05) is 6.42 Å². The van der Waals surface area contributed by atoms with Crippen molar-refractivity contribution in [3.63, 3.8) is 0 Å². The first-order valence-electron chi connectivity index (χ1n) is 4.75. The fourth-order valence-corrected chi connectivity index (χ4v) is 2.15. The minimum absolute atomic E-state index is 0.0173. The Labute approximate surface area is 109 Å². The zero-order valence-electron chi connectivity index (χ0n) is 8.72. The van der Waals surface area contributed by atoms with Crippen LogP contribution in [0.3, 0.4) is 0 Å². The van der Waals surface area contributed by atoms with Crippen LogP contribution in [0.4, 0.5) is 8.78 Å². The second kappa shape index (κ2) is 4.32. The van der Waals surface area contributed by atoms with Gasteiger partial charge in [-0.05, 0) is 33.1 Å². The smallest absolute Gasteiger partial charge is 0.170 e. The van der Waals surface area contributed by atoms with E-state index in [-0.39, 0.29) is 28.7 Å². The van der Waals surface area contributed by atoms with Crippen LogP contribution in [0.15, 0.2) is 16.1 Å². The van der Waals surface area contributed by atoms with Crippen LogP contribution in [-0.2, 0) is 0 Å². The first kappa shape index (κ1) is 12.4. The van der Waals surface area contributed by atoms with Gasteiger partial charge in [-0.3, -0.25) is 4.79 Å². The summed E-state index contributed by atoms with van der Waals surface area (Å²) in [6, 6.07) is 4.19. The van der Waals surface area contributed by atoms with Crippen LogP contribution in [-0.4, -0.2) is 5.78 Å². The number of ketones is 1. The summed E-state index contributed by atoms with van der Waals surface area (Å²) in [7, 11) is 0. The van der Waals surface area contributed by atoms with Crippen molar-refractivity contribution in [2.45, 2.75) is 6.42 Å². The molecule has 6 heteroatoms. The summed E-state index contributed by atoms with van der Waals surface area (Å²) < 4.78 is 26.8. The SMILES string of the molecule is N#CC(C#N)=C1CC(=O)c2c1cc(F)c(Br)c2F. The van der Waals surface area contributed by atoms with E-state index in [2.05, 4.69) is 15.9 Å². The Balaban J connectivity index is 2.86. The largest absolute Gasteiger partial charge is 0.294 e. The van der Waals surface area contributed by atoms with Gasteiger partial charge in [-0.2, -0.15) is 10.5 Å². The average Bonchev–Trinajstić information content (AvgIpc) is 2.65. The topological polar surface area (TPSA) is 64.7 Å². The van der Waals surface area contributed by atoms with E-state index in [1.54, 1.807) is 12.1 Å². The summed E-state index contributed by atoms with van der Waals surface area (Å²) >= 11 is 2.70. The molecule has 1 aromatic rings. The van der Waals surface area contributed by atoms with Crippen molar-refractivity contribution in [3.05, 3.63) is 38.9 Å². The van der Waals surface area contributed by atoms with Gasteiger partial charge >= 0.3 is 0 Å². The zero-order chi connectivity index (χ0) is 13.4. The van der Waals surface area contributed by atoms with E-state index in [9.17, 15) is 13.6 Å². The van der Waals surface area contributed by atoms with E-state index in [1.165, 1.54) is 0 Å². The molecule has 0 bridgehead atoms. The molecule has 0 fully saturated rings. The van der Waals surface area contributed by atoms with Gasteiger partial charge in [0.05, 0.1) is 10.0 Å². The van der Waals surface area contributed by atoms with Gasteiger partial charge in [0.2, 0.25) is 0 Å². The van der Waals surface area contributed by atoms with Gasteiger partial charge in [0.15, 0.2) is 11.6 Å². The lowest BCUT2D eigenvalue weighted by Gasteiger charge is -2.04. The number of allylic oxidation sites excluding steroid dienone is 2. The van der Waals surface area contributed by atoms with E-state index < -0.39 is 21.9 Å². The lowest BCUT2D eigenvalue weighted by Crippen LogP contribution is -1.99. The fraction of sp³-hybridized carbons (Fsp3) is 0.0833. The predicted molar refractivity (Wildman–Crippen MR) is 61.2 cm³/mol. The summed E-state index contributed by atoms with van der Waals surface area (Å²) in [4.78, 5) is 11.7. The molecule has 3 nitrogen and oxygen atoms in total. The van der Waals surface area contributed by atoms with Crippen molar-refractivity contribution in [2.24, 2.45) is 0 Å². The Kier molecular flexibility index (Phi) is 2.98. The van der Waals surface area contributed by atoms with Gasteiger partial charge in [-0.1, -0.05) is 0 Å². The number of benzene rings is 1. The molecule has 0 aliphatic heterocycles. The van der Waals surface area contributed by atoms with Gasteiger partial charge < -0.3 is 0 Å². The Morgan fingerprint density at radius 2 is 1.94 bits per heavy atom. The van der Waals surface area contributed by atoms with Gasteiger partial charge in [-0.25, -0.2) is 8.78 Å². The van der Waals surface area contributed by atoms with Crippen molar-refractivity contribution in [2.75, 3.05) is 0 Å². The predicted octanol–water partition coefficient (Wildman–Crippen LogP) is 3.11. The molecule has 0 radical (unpaired) electrons. The van der Waals surface area contributed by atoms with E-state index in [0.717, 1.165) is 6.07 Å². The summed E-state index contributed by atoms with van der Waals surface area (Å²) in [5, 5.41) is 17.5. The molecular weight excluding hydrogens is 306 g/mol. The highest BCUT2D eigenvalue weighted by Gasteiger charge is 2.32. The van der Waals surface area contributed by atoms with Crippen LogP contribution < -0.4 is 0 Å². The maximum absolute atomic E-state index is 13.8. The number of carbonyl (C=O) groups is 1. The molecule has 88 valence electrons. The minimum atomic E-state index is -1.000. The molecule has 2 rings (SSSR count). The average molecular weight is 309 g/mol. The molecular formula is C12H3BrF2N2O. The van der Waals surface area contributed by atoms with Crippen LogP contribution in [0, 0.1) is 34.3 Å². The van der Waals surface area contributed by atoms with Gasteiger partial charge in [-0.15, -0.1) is 0 Å². The van der Waals surface area contributed by atoms with Gasteiger partial charge in [0.1, 0.15) is 23.5 Å². The Morgan fingerprint density at radius 1 is 1.33 bits per heavy atom. The van der Waals surface area contributed by atoms with Crippen LogP contribution >= 0.6 is 15.9 Å². The molecule has 0 aromatic heterocycles.